The summed E-state index contributed by atoms with van der Waals surface area (Å²) in [5.74, 6) is -0.570. The maximum absolute atomic E-state index is 11.8. The highest BCUT2D eigenvalue weighted by atomic mass is 32.2. The van der Waals surface area contributed by atoms with Gasteiger partial charge in [0, 0.05) is 13.5 Å². The molecule has 45 heavy (non-hydrogen) atoms. The van der Waals surface area contributed by atoms with Gasteiger partial charge in [-0.25, -0.2) is 0 Å². The van der Waals surface area contributed by atoms with Gasteiger partial charge in [-0.15, -0.1) is 11.8 Å². The number of aliphatic hydroxyl groups is 9. The summed E-state index contributed by atoms with van der Waals surface area (Å²) in [5.41, 5.74) is -1.21. The number of hydrogen-bond donors (Lipinski definition) is 10. The normalized spacial score (nSPS) is 42.4. The van der Waals surface area contributed by atoms with Gasteiger partial charge in [0.15, 0.2) is 12.6 Å². The highest BCUT2D eigenvalue weighted by Crippen LogP contribution is 2.39. The van der Waals surface area contributed by atoms with Crippen molar-refractivity contribution in [2.75, 3.05) is 26.4 Å². The number of thioether (sulfide) groups is 1. The van der Waals surface area contributed by atoms with E-state index in [1.807, 2.05) is 0 Å². The van der Waals surface area contributed by atoms with Gasteiger partial charge in [0.2, 0.25) is 5.91 Å². The zero-order chi connectivity index (χ0) is 33.3. The Morgan fingerprint density at radius 3 is 1.93 bits per heavy atom. The van der Waals surface area contributed by atoms with Gasteiger partial charge in [0.05, 0.1) is 37.2 Å². The van der Waals surface area contributed by atoms with E-state index in [0.29, 0.717) is 6.42 Å². The molecule has 3 aliphatic heterocycles. The molecule has 16 nitrogen and oxygen atoms in total. The van der Waals surface area contributed by atoms with Crippen molar-refractivity contribution < 1.29 is 74.4 Å². The molecule has 0 aliphatic carbocycles. The maximum Gasteiger partial charge on any atom is 0.217 e. The summed E-state index contributed by atoms with van der Waals surface area (Å²) in [7, 11) is 0. The minimum atomic E-state index is -1.70. The van der Waals surface area contributed by atoms with Crippen molar-refractivity contribution >= 4 is 17.7 Å². The molecule has 0 spiro atoms. The van der Waals surface area contributed by atoms with Gasteiger partial charge >= 0.3 is 0 Å². The Morgan fingerprint density at radius 1 is 0.711 bits per heavy atom. The van der Waals surface area contributed by atoms with Crippen molar-refractivity contribution in [2.24, 2.45) is 0 Å². The molecule has 264 valence electrons. The summed E-state index contributed by atoms with van der Waals surface area (Å²) in [6.07, 6.45) is -11.7. The summed E-state index contributed by atoms with van der Waals surface area (Å²) >= 11 is 0.740. The molecule has 0 bridgehead atoms. The molecule has 3 aliphatic rings. The number of aliphatic hydroxyl groups excluding tert-OH is 9. The molecule has 0 radical (unpaired) electrons. The van der Waals surface area contributed by atoms with Gasteiger partial charge in [0.1, 0.15) is 60.4 Å². The van der Waals surface area contributed by atoms with Crippen LogP contribution in [-0.4, -0.2) is 169 Å². The van der Waals surface area contributed by atoms with E-state index in [2.05, 4.69) is 12.2 Å². The van der Waals surface area contributed by atoms with Crippen LogP contribution < -0.4 is 5.32 Å². The van der Waals surface area contributed by atoms with E-state index in [1.165, 1.54) is 6.92 Å². The van der Waals surface area contributed by atoms with E-state index < -0.39 is 116 Å². The van der Waals surface area contributed by atoms with Crippen molar-refractivity contribution in [1.29, 1.82) is 0 Å². The zero-order valence-corrected chi connectivity index (χ0v) is 26.4. The molecule has 3 heterocycles. The molecule has 0 saturated carbocycles. The summed E-state index contributed by atoms with van der Waals surface area (Å²) in [6, 6.07) is -1.23. The Hall–Kier alpha value is -0.740. The van der Waals surface area contributed by atoms with Gasteiger partial charge in [-0.3, -0.25) is 4.79 Å². The van der Waals surface area contributed by atoms with E-state index in [-0.39, 0.29) is 6.61 Å². The fraction of sp³-hybridized carbons (Fsp3) is 0.964. The SMILES string of the molecule is CCCCCCCCO[C@@H]1O[C@H](CO)[C@@H](O[C@@H]2O[C@H](CO)[C@H](O)[C@H](S[C@@H]3O[C@H](CO)[C@@H](O)[C@H](O)[C@H]3NC(C)=O)[C@H]2O)[C@H](O)[C@H]1O. The van der Waals surface area contributed by atoms with Crippen LogP contribution in [0.15, 0.2) is 0 Å². The molecule has 3 saturated heterocycles. The topological polar surface area (TPSA) is 257 Å². The molecule has 1 amide bonds. The van der Waals surface area contributed by atoms with Crippen LogP contribution >= 0.6 is 11.8 Å². The zero-order valence-electron chi connectivity index (χ0n) is 25.6. The Morgan fingerprint density at radius 2 is 1.31 bits per heavy atom. The Balaban J connectivity index is 1.70. The van der Waals surface area contributed by atoms with Crippen LogP contribution in [0.5, 0.6) is 0 Å². The molecule has 15 atom stereocenters. The molecule has 3 fully saturated rings. The summed E-state index contributed by atoms with van der Waals surface area (Å²) < 4.78 is 28.5. The molecule has 0 unspecified atom stereocenters. The first kappa shape index (κ1) is 38.7. The summed E-state index contributed by atoms with van der Waals surface area (Å²) in [6.45, 7) is 1.50. The third-order valence-corrected chi connectivity index (χ3v) is 9.80. The molecular weight excluding hydrogens is 622 g/mol. The van der Waals surface area contributed by atoms with Gasteiger partial charge in [-0.05, 0) is 6.42 Å². The average molecular weight is 674 g/mol. The number of carbonyl (C=O) groups is 1. The van der Waals surface area contributed by atoms with E-state index in [0.717, 1.165) is 43.9 Å². The number of rotatable bonds is 16. The minimum Gasteiger partial charge on any atom is -0.394 e. The van der Waals surface area contributed by atoms with Gasteiger partial charge in [-0.2, -0.15) is 0 Å². The number of ether oxygens (including phenoxy) is 5. The van der Waals surface area contributed by atoms with Crippen molar-refractivity contribution in [2.45, 2.75) is 143 Å². The average Bonchev–Trinajstić information content (AvgIpc) is 3.02. The Kier molecular flexibility index (Phi) is 16.1. The van der Waals surface area contributed by atoms with Gasteiger partial charge in [-0.1, -0.05) is 39.0 Å². The van der Waals surface area contributed by atoms with Crippen LogP contribution in [0.25, 0.3) is 0 Å². The predicted molar refractivity (Wildman–Crippen MR) is 156 cm³/mol. The minimum absolute atomic E-state index is 0.259. The molecule has 0 aromatic rings. The Labute approximate surface area is 266 Å². The fourth-order valence-corrected chi connectivity index (χ4v) is 7.20. The molecule has 3 rings (SSSR count). The Bertz CT molecular complexity index is 876. The van der Waals surface area contributed by atoms with E-state index in [4.69, 9.17) is 23.7 Å². The highest BCUT2D eigenvalue weighted by Gasteiger charge is 2.53. The number of hydrogen-bond acceptors (Lipinski definition) is 16. The van der Waals surface area contributed by atoms with E-state index >= 15 is 0 Å². The van der Waals surface area contributed by atoms with E-state index in [9.17, 15) is 50.8 Å². The molecule has 0 aromatic heterocycles. The first-order chi connectivity index (χ1) is 21.5. The van der Waals surface area contributed by atoms with Crippen LogP contribution in [0.1, 0.15) is 52.4 Å². The monoisotopic (exact) mass is 673 g/mol. The lowest BCUT2D eigenvalue weighted by molar-refractivity contribution is -0.348. The fourth-order valence-electron chi connectivity index (χ4n) is 5.66. The predicted octanol–water partition coefficient (Wildman–Crippen LogP) is -3.33. The third-order valence-electron chi connectivity index (χ3n) is 8.26. The number of carbonyl (C=O) groups excluding carboxylic acids is 1. The van der Waals surface area contributed by atoms with Crippen LogP contribution in [0, 0.1) is 0 Å². The van der Waals surface area contributed by atoms with Crippen molar-refractivity contribution in [3.63, 3.8) is 0 Å². The van der Waals surface area contributed by atoms with Crippen LogP contribution in [0.4, 0.5) is 0 Å². The summed E-state index contributed by atoms with van der Waals surface area (Å²) in [5, 5.41) is 95.6. The van der Waals surface area contributed by atoms with Crippen molar-refractivity contribution in [1.82, 2.24) is 5.32 Å². The molecular formula is C28H51NO15S. The number of amides is 1. The van der Waals surface area contributed by atoms with Crippen LogP contribution in [0.3, 0.4) is 0 Å². The summed E-state index contributed by atoms with van der Waals surface area (Å²) in [4.78, 5) is 11.8. The highest BCUT2D eigenvalue weighted by molar-refractivity contribution is 8.00. The standard InChI is InChI=1S/C28H51NO15S/c1-3-4-5-6-7-8-9-40-26-22(38)21(37)24(16(12-32)42-26)44-27-23(39)25(19(35)15(11-31)41-27)45-28-17(29-13(2)33)20(36)18(34)14(10-30)43-28/h14-28,30-32,34-39H,3-12H2,1-2H3,(H,29,33)/t14-,15-,16-,17-,18-,19+,20-,21-,22-,23-,24-,25+,26-,27+,28+/m1/s1. The van der Waals surface area contributed by atoms with Gasteiger partial charge in [0.25, 0.3) is 0 Å². The second-order valence-corrected chi connectivity index (χ2v) is 13.0. The quantitative estimate of drug-likeness (QED) is 0.0719. The maximum atomic E-state index is 11.8. The van der Waals surface area contributed by atoms with Crippen molar-refractivity contribution in [3.05, 3.63) is 0 Å². The lowest BCUT2D eigenvalue weighted by Gasteiger charge is -2.48. The number of nitrogens with one attached hydrogen (secondary N) is 1. The lowest BCUT2D eigenvalue weighted by atomic mass is 9.97. The first-order valence-corrected chi connectivity index (χ1v) is 16.5. The van der Waals surface area contributed by atoms with E-state index in [1.54, 1.807) is 0 Å². The second-order valence-electron chi connectivity index (χ2n) is 11.7. The van der Waals surface area contributed by atoms with Crippen molar-refractivity contribution in [3.8, 4) is 0 Å². The molecule has 0 aromatic carbocycles. The third kappa shape index (κ3) is 9.90. The number of unbranched alkanes of at least 4 members (excludes halogenated alkanes) is 5. The largest absolute Gasteiger partial charge is 0.394 e. The van der Waals surface area contributed by atoms with Gasteiger partial charge < -0.3 is 75.0 Å². The first-order valence-electron chi connectivity index (χ1n) is 15.6. The smallest absolute Gasteiger partial charge is 0.217 e. The molecule has 10 N–H and O–H groups in total. The van der Waals surface area contributed by atoms with Crippen LogP contribution in [-0.2, 0) is 28.5 Å². The lowest BCUT2D eigenvalue weighted by Crippen LogP contribution is -2.66. The van der Waals surface area contributed by atoms with Crippen LogP contribution in [0.2, 0.25) is 0 Å². The second kappa shape index (κ2) is 18.7. The molecule has 17 heteroatoms.